The van der Waals surface area contributed by atoms with Crippen molar-refractivity contribution in [2.45, 2.75) is 25.1 Å². The van der Waals surface area contributed by atoms with Crippen molar-refractivity contribution < 1.29 is 22.7 Å². The van der Waals surface area contributed by atoms with E-state index < -0.39 is 34.8 Å². The van der Waals surface area contributed by atoms with Gasteiger partial charge in [-0.15, -0.1) is 0 Å². The molecule has 3 N–H and O–H groups in total. The van der Waals surface area contributed by atoms with Crippen LogP contribution < -0.4 is 5.32 Å². The van der Waals surface area contributed by atoms with Gasteiger partial charge in [0, 0.05) is 29.8 Å². The highest BCUT2D eigenvalue weighted by Gasteiger charge is 2.43. The minimum Gasteiger partial charge on any atom is -0.388 e. The first-order valence-electron chi connectivity index (χ1n) is 9.26. The summed E-state index contributed by atoms with van der Waals surface area (Å²) in [7, 11) is 1.66. The molecule has 156 valence electrons. The maximum atomic E-state index is 15.3. The molecular weight excluding hydrogens is 404 g/mol. The van der Waals surface area contributed by atoms with Crippen molar-refractivity contribution >= 4 is 22.4 Å². The van der Waals surface area contributed by atoms with Crippen LogP contribution in [-0.2, 0) is 6.18 Å². The Hall–Kier alpha value is -3.21. The summed E-state index contributed by atoms with van der Waals surface area (Å²) in [6.45, 7) is 0. The van der Waals surface area contributed by atoms with Crippen LogP contribution in [0.1, 0.15) is 30.1 Å². The van der Waals surface area contributed by atoms with E-state index in [-0.39, 0.29) is 22.5 Å². The van der Waals surface area contributed by atoms with Gasteiger partial charge in [0.2, 0.25) is 0 Å². The number of rotatable bonds is 4. The highest BCUT2D eigenvalue weighted by atomic mass is 19.4. The summed E-state index contributed by atoms with van der Waals surface area (Å²) in [5.74, 6) is -1.26. The molecule has 1 atom stereocenters. The second-order valence-corrected chi connectivity index (χ2v) is 7.33. The molecule has 0 radical (unpaired) electrons. The number of aromatic amines is 1. The fourth-order valence-electron chi connectivity index (χ4n) is 3.78. The fraction of sp³-hybridized carbons (Fsp3) is 0.316. The van der Waals surface area contributed by atoms with Gasteiger partial charge in [-0.25, -0.2) is 9.37 Å². The molecule has 30 heavy (non-hydrogen) atoms. The molecule has 0 amide bonds. The molecule has 7 nitrogen and oxygen atoms in total. The van der Waals surface area contributed by atoms with Crippen molar-refractivity contribution in [1.29, 1.82) is 0 Å². The van der Waals surface area contributed by atoms with Crippen molar-refractivity contribution in [3.05, 3.63) is 41.7 Å². The minimum atomic E-state index is -5.01. The summed E-state index contributed by atoms with van der Waals surface area (Å²) in [6, 6.07) is 0. The zero-order chi connectivity index (χ0) is 21.2. The SMILES string of the molecule is CNc1cn2cc(-c3c(C(F)(F)F)c(F)c(C(O)C4CC4)c4[nH]ncc34)ncc2n1. The fourth-order valence-corrected chi connectivity index (χ4v) is 3.78. The van der Waals surface area contributed by atoms with Gasteiger partial charge in [-0.2, -0.15) is 18.3 Å². The van der Waals surface area contributed by atoms with E-state index in [4.69, 9.17) is 0 Å². The quantitative estimate of drug-likeness (QED) is 0.436. The van der Waals surface area contributed by atoms with Gasteiger partial charge in [-0.1, -0.05) is 0 Å². The van der Waals surface area contributed by atoms with Crippen molar-refractivity contribution in [3.8, 4) is 11.3 Å². The van der Waals surface area contributed by atoms with Crippen LogP contribution in [0, 0.1) is 11.7 Å². The Morgan fingerprint density at radius 2 is 2.03 bits per heavy atom. The molecule has 0 bridgehead atoms. The van der Waals surface area contributed by atoms with Gasteiger partial charge in [0.05, 0.1) is 35.9 Å². The Morgan fingerprint density at radius 3 is 2.70 bits per heavy atom. The Morgan fingerprint density at radius 1 is 1.27 bits per heavy atom. The van der Waals surface area contributed by atoms with Gasteiger partial charge in [-0.3, -0.25) is 10.1 Å². The van der Waals surface area contributed by atoms with Crippen LogP contribution in [0.2, 0.25) is 0 Å². The smallest absolute Gasteiger partial charge is 0.388 e. The molecule has 4 aromatic rings. The third-order valence-electron chi connectivity index (χ3n) is 5.39. The monoisotopic (exact) mass is 420 g/mol. The van der Waals surface area contributed by atoms with Gasteiger partial charge < -0.3 is 14.8 Å². The topological polar surface area (TPSA) is 91.1 Å². The predicted octanol–water partition coefficient (Wildman–Crippen LogP) is 3.92. The lowest BCUT2D eigenvalue weighted by Gasteiger charge is -2.20. The Labute approximate surface area is 166 Å². The van der Waals surface area contributed by atoms with Crippen LogP contribution in [0.5, 0.6) is 0 Å². The van der Waals surface area contributed by atoms with Crippen molar-refractivity contribution in [2.24, 2.45) is 5.92 Å². The zero-order valence-electron chi connectivity index (χ0n) is 15.6. The molecule has 11 heteroatoms. The normalized spacial score (nSPS) is 15.8. The van der Waals surface area contributed by atoms with Crippen LogP contribution in [0.15, 0.2) is 24.8 Å². The number of aliphatic hydroxyl groups is 1. The van der Waals surface area contributed by atoms with E-state index in [1.54, 1.807) is 13.2 Å². The summed E-state index contributed by atoms with van der Waals surface area (Å²) in [5, 5.41) is 19.8. The first-order valence-corrected chi connectivity index (χ1v) is 9.26. The summed E-state index contributed by atoms with van der Waals surface area (Å²) < 4.78 is 59.0. The molecule has 0 spiro atoms. The van der Waals surface area contributed by atoms with Gasteiger partial charge in [0.15, 0.2) is 5.65 Å². The molecule has 1 unspecified atom stereocenters. The number of aliphatic hydroxyl groups excluding tert-OH is 1. The average Bonchev–Trinajstić information content (AvgIpc) is 3.29. The van der Waals surface area contributed by atoms with E-state index in [0.717, 1.165) is 0 Å². The molecule has 1 aliphatic rings. The molecule has 1 saturated carbocycles. The summed E-state index contributed by atoms with van der Waals surface area (Å²) in [5.41, 5.74) is -1.93. The number of anilines is 1. The summed E-state index contributed by atoms with van der Waals surface area (Å²) in [6.07, 6.45) is 0.362. The lowest BCUT2D eigenvalue weighted by Crippen LogP contribution is -2.16. The Balaban J connectivity index is 1.83. The zero-order valence-corrected chi connectivity index (χ0v) is 15.6. The highest BCUT2D eigenvalue weighted by Crippen LogP contribution is 2.49. The minimum absolute atomic E-state index is 0.0401. The van der Waals surface area contributed by atoms with Crippen molar-refractivity contribution in [2.75, 3.05) is 12.4 Å². The largest absolute Gasteiger partial charge is 0.419 e. The maximum Gasteiger partial charge on any atom is 0.419 e. The van der Waals surface area contributed by atoms with E-state index in [2.05, 4.69) is 25.5 Å². The van der Waals surface area contributed by atoms with Crippen LogP contribution in [0.4, 0.5) is 23.4 Å². The van der Waals surface area contributed by atoms with E-state index >= 15 is 4.39 Å². The van der Waals surface area contributed by atoms with Crippen molar-refractivity contribution in [1.82, 2.24) is 24.6 Å². The standard InChI is InChI=1S/C19H16F4N6O/c1-24-11-7-29-6-10(25-5-12(29)27-11)13-9-4-26-28-17(9)14(18(30)8-2-3-8)16(20)15(13)19(21,22)23/h4-8,18,24,30H,2-3H2,1H3,(H,26,28). The van der Waals surface area contributed by atoms with Gasteiger partial charge >= 0.3 is 6.18 Å². The molecule has 5 rings (SSSR count). The highest BCUT2D eigenvalue weighted by molar-refractivity contribution is 5.97. The molecule has 3 heterocycles. The van der Waals surface area contributed by atoms with Gasteiger partial charge in [0.25, 0.3) is 0 Å². The molecule has 0 aliphatic heterocycles. The number of aromatic nitrogens is 5. The third kappa shape index (κ3) is 2.80. The van der Waals surface area contributed by atoms with Crippen LogP contribution in [-0.4, -0.2) is 36.7 Å². The van der Waals surface area contributed by atoms with E-state index in [1.807, 2.05) is 0 Å². The lowest BCUT2D eigenvalue weighted by atomic mass is 9.92. The number of H-pyrrole nitrogens is 1. The molecular formula is C19H16F4N6O. The molecule has 3 aromatic heterocycles. The van der Waals surface area contributed by atoms with E-state index in [1.165, 1.54) is 23.0 Å². The number of hydrogen-bond donors (Lipinski definition) is 3. The van der Waals surface area contributed by atoms with E-state index in [9.17, 15) is 18.3 Å². The van der Waals surface area contributed by atoms with Gasteiger partial charge in [0.1, 0.15) is 17.2 Å². The second-order valence-electron chi connectivity index (χ2n) is 7.33. The van der Waals surface area contributed by atoms with Crippen LogP contribution >= 0.6 is 0 Å². The first kappa shape index (κ1) is 18.8. The maximum absolute atomic E-state index is 15.3. The van der Waals surface area contributed by atoms with E-state index in [0.29, 0.717) is 24.3 Å². The molecule has 1 aliphatic carbocycles. The molecule has 0 saturated heterocycles. The Kier molecular flexibility index (Phi) is 4.01. The molecule has 1 aromatic carbocycles. The summed E-state index contributed by atoms with van der Waals surface area (Å²) in [4.78, 5) is 8.32. The number of alkyl halides is 3. The van der Waals surface area contributed by atoms with Crippen LogP contribution in [0.3, 0.4) is 0 Å². The Bertz CT molecular complexity index is 1270. The lowest BCUT2D eigenvalue weighted by molar-refractivity contribution is -0.139. The number of hydrogen-bond acceptors (Lipinski definition) is 5. The average molecular weight is 420 g/mol. The van der Waals surface area contributed by atoms with Gasteiger partial charge in [-0.05, 0) is 18.8 Å². The predicted molar refractivity (Wildman–Crippen MR) is 100 cm³/mol. The second kappa shape index (κ2) is 6.39. The summed E-state index contributed by atoms with van der Waals surface area (Å²) >= 11 is 0. The number of nitrogens with one attached hydrogen (secondary N) is 2. The van der Waals surface area contributed by atoms with Crippen molar-refractivity contribution in [3.63, 3.8) is 0 Å². The third-order valence-corrected chi connectivity index (χ3v) is 5.39. The van der Waals surface area contributed by atoms with Crippen LogP contribution in [0.25, 0.3) is 27.8 Å². The number of benzene rings is 1. The number of halogens is 4. The number of nitrogens with zero attached hydrogens (tertiary/aromatic N) is 4. The first-order chi connectivity index (χ1) is 14.3. The molecule has 1 fully saturated rings. The number of fused-ring (bicyclic) bond motifs is 2. The number of imidazole rings is 1.